The molecule has 108 valence electrons. The molecule has 0 aliphatic heterocycles. The van der Waals surface area contributed by atoms with Crippen LogP contribution in [0.4, 0.5) is 0 Å². The van der Waals surface area contributed by atoms with Crippen LogP contribution in [0.1, 0.15) is 29.6 Å². The highest BCUT2D eigenvalue weighted by Crippen LogP contribution is 2.34. The number of hydrogen-bond acceptors (Lipinski definition) is 3. The van der Waals surface area contributed by atoms with Gasteiger partial charge in [0.15, 0.2) is 0 Å². The number of benzene rings is 1. The molecule has 1 saturated carbocycles. The predicted octanol–water partition coefficient (Wildman–Crippen LogP) is 2.44. The third-order valence-corrected chi connectivity index (χ3v) is 3.94. The first-order chi connectivity index (χ1) is 9.51. The van der Waals surface area contributed by atoms with Crippen molar-refractivity contribution in [2.45, 2.75) is 25.3 Å². The number of ether oxygens (including phenoxy) is 1. The molecule has 0 spiro atoms. The number of nitrogens with one attached hydrogen (secondary N) is 1. The highest BCUT2D eigenvalue weighted by atomic mass is 79.9. The molecule has 1 aliphatic rings. The van der Waals surface area contributed by atoms with Gasteiger partial charge in [0.25, 0.3) is 5.91 Å². The van der Waals surface area contributed by atoms with Crippen molar-refractivity contribution in [2.24, 2.45) is 5.92 Å². The van der Waals surface area contributed by atoms with Crippen LogP contribution in [0.5, 0.6) is 5.75 Å². The van der Waals surface area contributed by atoms with E-state index in [1.165, 1.54) is 0 Å². The molecule has 2 rings (SSSR count). The third kappa shape index (κ3) is 3.72. The second-order valence-electron chi connectivity index (χ2n) is 4.86. The number of methoxy groups -OCH3 is 1. The van der Waals surface area contributed by atoms with Gasteiger partial charge in [0, 0.05) is 11.6 Å². The number of amides is 1. The summed E-state index contributed by atoms with van der Waals surface area (Å²) >= 11 is 3.32. The van der Waals surface area contributed by atoms with Gasteiger partial charge in [0.05, 0.1) is 18.0 Å². The average molecular weight is 342 g/mol. The van der Waals surface area contributed by atoms with Crippen molar-refractivity contribution >= 4 is 27.8 Å². The Hall–Kier alpha value is -1.56. The maximum Gasteiger partial charge on any atom is 0.305 e. The summed E-state index contributed by atoms with van der Waals surface area (Å²) in [5.41, 5.74) is 0.480. The van der Waals surface area contributed by atoms with Crippen LogP contribution in [0.25, 0.3) is 0 Å². The maximum atomic E-state index is 12.2. The molecule has 1 aromatic rings. The number of aliphatic carboxylic acids is 1. The molecule has 0 aromatic heterocycles. The van der Waals surface area contributed by atoms with Crippen molar-refractivity contribution in [1.29, 1.82) is 0 Å². The van der Waals surface area contributed by atoms with Gasteiger partial charge in [-0.25, -0.2) is 0 Å². The summed E-state index contributed by atoms with van der Waals surface area (Å²) in [5, 5.41) is 11.7. The Labute approximate surface area is 125 Å². The van der Waals surface area contributed by atoms with Gasteiger partial charge < -0.3 is 15.2 Å². The smallest absolute Gasteiger partial charge is 0.305 e. The molecule has 2 N–H and O–H groups in total. The van der Waals surface area contributed by atoms with Gasteiger partial charge in [-0.3, -0.25) is 9.59 Å². The first kappa shape index (κ1) is 14.8. The van der Waals surface area contributed by atoms with E-state index in [1.807, 2.05) is 0 Å². The Morgan fingerprint density at radius 2 is 2.20 bits per heavy atom. The average Bonchev–Trinajstić information content (AvgIpc) is 3.21. The summed E-state index contributed by atoms with van der Waals surface area (Å²) in [6.07, 6.45) is 1.92. The van der Waals surface area contributed by atoms with Gasteiger partial charge in [-0.05, 0) is 52.9 Å². The van der Waals surface area contributed by atoms with E-state index in [0.29, 0.717) is 15.8 Å². The van der Waals surface area contributed by atoms with Crippen molar-refractivity contribution in [3.63, 3.8) is 0 Å². The molecule has 0 radical (unpaired) electrons. The first-order valence-electron chi connectivity index (χ1n) is 6.37. The second kappa shape index (κ2) is 6.26. The fourth-order valence-electron chi connectivity index (χ4n) is 2.08. The quantitative estimate of drug-likeness (QED) is 0.833. The summed E-state index contributed by atoms with van der Waals surface area (Å²) in [6, 6.07) is 4.73. The van der Waals surface area contributed by atoms with Crippen LogP contribution in [0.3, 0.4) is 0 Å². The lowest BCUT2D eigenvalue weighted by molar-refractivity contribution is -0.137. The summed E-state index contributed by atoms with van der Waals surface area (Å²) in [4.78, 5) is 23.0. The van der Waals surface area contributed by atoms with Crippen molar-refractivity contribution in [3.8, 4) is 5.75 Å². The normalized spacial score (nSPS) is 15.5. The minimum Gasteiger partial charge on any atom is -0.496 e. The van der Waals surface area contributed by atoms with E-state index in [-0.39, 0.29) is 24.3 Å². The summed E-state index contributed by atoms with van der Waals surface area (Å²) in [6.45, 7) is 0. The fourth-order valence-corrected chi connectivity index (χ4v) is 2.62. The molecule has 1 aliphatic carbocycles. The Morgan fingerprint density at radius 3 is 2.70 bits per heavy atom. The molecule has 0 saturated heterocycles. The predicted molar refractivity (Wildman–Crippen MR) is 76.9 cm³/mol. The van der Waals surface area contributed by atoms with Crippen LogP contribution < -0.4 is 10.1 Å². The van der Waals surface area contributed by atoms with Gasteiger partial charge in [-0.1, -0.05) is 0 Å². The molecule has 1 fully saturated rings. The summed E-state index contributed by atoms with van der Waals surface area (Å²) in [5.74, 6) is -0.216. The van der Waals surface area contributed by atoms with E-state index in [9.17, 15) is 9.59 Å². The van der Waals surface area contributed by atoms with Crippen molar-refractivity contribution < 1.29 is 19.4 Å². The molecule has 1 atom stereocenters. The lowest BCUT2D eigenvalue weighted by Gasteiger charge is -2.16. The van der Waals surface area contributed by atoms with E-state index in [0.717, 1.165) is 12.8 Å². The van der Waals surface area contributed by atoms with Crippen LogP contribution >= 0.6 is 15.9 Å². The molecule has 0 heterocycles. The van der Waals surface area contributed by atoms with E-state index in [4.69, 9.17) is 9.84 Å². The molecule has 5 nitrogen and oxygen atoms in total. The lowest BCUT2D eigenvalue weighted by Crippen LogP contribution is -2.38. The number of carboxylic acids is 1. The molecular weight excluding hydrogens is 326 g/mol. The molecular formula is C14H16BrNO4. The number of hydrogen-bond donors (Lipinski definition) is 2. The molecule has 1 amide bonds. The number of carbonyl (C=O) groups is 2. The van der Waals surface area contributed by atoms with E-state index in [1.54, 1.807) is 25.3 Å². The van der Waals surface area contributed by atoms with Crippen molar-refractivity contribution in [3.05, 3.63) is 28.2 Å². The fraction of sp³-hybridized carbons (Fsp3) is 0.429. The minimum atomic E-state index is -0.891. The topological polar surface area (TPSA) is 75.6 Å². The zero-order valence-electron chi connectivity index (χ0n) is 11.1. The van der Waals surface area contributed by atoms with Gasteiger partial charge >= 0.3 is 5.97 Å². The molecule has 1 unspecified atom stereocenters. The standard InChI is InChI=1S/C14H16BrNO4/c1-20-12-5-4-9(6-10(12)15)14(19)16-11(7-13(17)18)8-2-3-8/h4-6,8,11H,2-3,7H2,1H3,(H,16,19)(H,17,18). The van der Waals surface area contributed by atoms with Crippen LogP contribution in [-0.4, -0.2) is 30.1 Å². The van der Waals surface area contributed by atoms with E-state index < -0.39 is 5.97 Å². The molecule has 0 bridgehead atoms. The molecule has 6 heteroatoms. The third-order valence-electron chi connectivity index (χ3n) is 3.32. The van der Waals surface area contributed by atoms with Gasteiger partial charge in [0.1, 0.15) is 5.75 Å². The number of carbonyl (C=O) groups excluding carboxylic acids is 1. The van der Waals surface area contributed by atoms with Crippen molar-refractivity contribution in [2.75, 3.05) is 7.11 Å². The first-order valence-corrected chi connectivity index (χ1v) is 7.16. The summed E-state index contributed by atoms with van der Waals surface area (Å²) < 4.78 is 5.79. The second-order valence-corrected chi connectivity index (χ2v) is 5.72. The minimum absolute atomic E-state index is 0.0340. The Bertz CT molecular complexity index is 528. The number of carboxylic acid groups (broad SMARTS) is 1. The van der Waals surface area contributed by atoms with Crippen LogP contribution in [0, 0.1) is 5.92 Å². The lowest BCUT2D eigenvalue weighted by atomic mass is 10.1. The molecule has 1 aromatic carbocycles. The van der Waals surface area contributed by atoms with Crippen molar-refractivity contribution in [1.82, 2.24) is 5.32 Å². The monoisotopic (exact) mass is 341 g/mol. The Morgan fingerprint density at radius 1 is 1.50 bits per heavy atom. The van der Waals surface area contributed by atoms with Crippen LogP contribution in [0.15, 0.2) is 22.7 Å². The Balaban J connectivity index is 2.06. The van der Waals surface area contributed by atoms with Gasteiger partial charge in [0.2, 0.25) is 0 Å². The Kier molecular flexibility index (Phi) is 4.65. The van der Waals surface area contributed by atoms with Crippen LogP contribution in [0.2, 0.25) is 0 Å². The zero-order chi connectivity index (χ0) is 14.7. The van der Waals surface area contributed by atoms with Crippen LogP contribution in [-0.2, 0) is 4.79 Å². The molecule has 20 heavy (non-hydrogen) atoms. The highest BCUT2D eigenvalue weighted by Gasteiger charge is 2.33. The largest absolute Gasteiger partial charge is 0.496 e. The SMILES string of the molecule is COc1ccc(C(=O)NC(CC(=O)O)C2CC2)cc1Br. The number of rotatable bonds is 6. The maximum absolute atomic E-state index is 12.2. The van der Waals surface area contributed by atoms with Gasteiger partial charge in [-0.2, -0.15) is 0 Å². The summed E-state index contributed by atoms with van der Waals surface area (Å²) in [7, 11) is 1.55. The zero-order valence-corrected chi connectivity index (χ0v) is 12.6. The number of halogens is 1. The van der Waals surface area contributed by atoms with E-state index >= 15 is 0 Å². The highest BCUT2D eigenvalue weighted by molar-refractivity contribution is 9.10. The van der Waals surface area contributed by atoms with Gasteiger partial charge in [-0.15, -0.1) is 0 Å². The van der Waals surface area contributed by atoms with E-state index in [2.05, 4.69) is 21.2 Å².